The molecule has 8 aromatic rings. The Labute approximate surface area is 405 Å². The highest BCUT2D eigenvalue weighted by Gasteiger charge is 2.33. The van der Waals surface area contributed by atoms with Crippen LogP contribution in [0.3, 0.4) is 0 Å². The Morgan fingerprint density at radius 3 is 1.27 bits per heavy atom. The van der Waals surface area contributed by atoms with Gasteiger partial charge in [-0.25, -0.2) is 9.97 Å². The first kappa shape index (κ1) is 44.5. The second-order valence-corrected chi connectivity index (χ2v) is 18.5. The van der Waals surface area contributed by atoms with Crippen molar-refractivity contribution in [2.75, 3.05) is 84.6 Å². The molecule has 4 aliphatic heterocycles. The van der Waals surface area contributed by atoms with Crippen LogP contribution in [0.15, 0.2) is 97.6 Å². The Hall–Kier alpha value is -7.96. The number of amides is 2. The van der Waals surface area contributed by atoms with Crippen LogP contribution in [-0.4, -0.2) is 106 Å². The van der Waals surface area contributed by atoms with E-state index in [0.29, 0.717) is 58.1 Å². The first-order chi connectivity index (χ1) is 34.0. The lowest BCUT2D eigenvalue weighted by atomic mass is 10.0. The average Bonchev–Trinajstić information content (AvgIpc) is 4.04. The van der Waals surface area contributed by atoms with Crippen molar-refractivity contribution in [2.24, 2.45) is 0 Å². The van der Waals surface area contributed by atoms with Crippen molar-refractivity contribution in [3.05, 3.63) is 120 Å². The molecular formula is C52H56N16O2. The van der Waals surface area contributed by atoms with E-state index in [1.807, 2.05) is 120 Å². The minimum atomic E-state index is -0.0768. The van der Waals surface area contributed by atoms with Crippen LogP contribution in [0.5, 0.6) is 0 Å². The molecule has 2 saturated heterocycles. The van der Waals surface area contributed by atoms with Crippen LogP contribution in [0.2, 0.25) is 0 Å². The maximum Gasteiger partial charge on any atom is 0.260 e. The molecule has 8 heterocycles. The minimum Gasteiger partial charge on any atom is -0.327 e. The number of rotatable bonds is 6. The number of fused-ring (bicyclic) bond motifs is 6. The van der Waals surface area contributed by atoms with Crippen LogP contribution in [0, 0.1) is 13.8 Å². The molecular weight excluding hydrogens is 881 g/mol. The van der Waals surface area contributed by atoms with Crippen LogP contribution in [0.4, 0.5) is 57.7 Å². The Kier molecular flexibility index (Phi) is 11.6. The number of nitrogens with zero attached hydrogens (tertiary/aromatic N) is 12. The largest absolute Gasteiger partial charge is 0.327 e. The monoisotopic (exact) mass is 936 g/mol. The molecule has 0 bridgehead atoms. The summed E-state index contributed by atoms with van der Waals surface area (Å²) in [5.41, 5.74) is 7.47. The normalized spacial score (nSPS) is 16.3. The quantitative estimate of drug-likeness (QED) is 0.125. The number of aryl methyl sites for hydroxylation is 2. The number of nitrogens with one attached hydrogen (secondary N) is 4. The number of carbonyl (C=O) groups is 2. The highest BCUT2D eigenvalue weighted by molar-refractivity contribution is 6.17. The van der Waals surface area contributed by atoms with E-state index in [1.165, 1.54) is 0 Å². The lowest BCUT2D eigenvalue weighted by Gasteiger charge is -2.23. The molecule has 2 fully saturated rings. The summed E-state index contributed by atoms with van der Waals surface area (Å²) in [5, 5.41) is 26.8. The summed E-state index contributed by atoms with van der Waals surface area (Å²) in [6.45, 7) is 7.86. The van der Waals surface area contributed by atoms with Crippen molar-refractivity contribution in [1.82, 2.24) is 50.1 Å². The summed E-state index contributed by atoms with van der Waals surface area (Å²) in [6, 6.07) is 25.0. The second-order valence-electron chi connectivity index (χ2n) is 18.5. The number of benzene rings is 4. The molecule has 4 aliphatic rings. The molecule has 4 N–H and O–H groups in total. The first-order valence-electron chi connectivity index (χ1n) is 23.9. The van der Waals surface area contributed by atoms with Gasteiger partial charge in [0.2, 0.25) is 11.9 Å². The van der Waals surface area contributed by atoms with Crippen LogP contribution in [0.1, 0.15) is 69.9 Å². The summed E-state index contributed by atoms with van der Waals surface area (Å²) < 4.78 is 4.05. The molecule has 4 aromatic heterocycles. The van der Waals surface area contributed by atoms with E-state index < -0.39 is 0 Å². The summed E-state index contributed by atoms with van der Waals surface area (Å²) in [5.74, 6) is 2.15. The first-order valence-corrected chi connectivity index (χ1v) is 23.9. The SMILES string of the molecule is Cc1nc(Nc2cnn(C3CCNCC3)c2)nc2c1N(C)C(=O)c1cc3ccccc3cc1N2C.Cc1nc(Nc2cnn(C3CCNCC3)c2)nc2c1N(C)C(=O)c1cc3ccccc3cc1N2C. The number of aromatic nitrogens is 8. The molecule has 18 heteroatoms. The van der Waals surface area contributed by atoms with Gasteiger partial charge in [0, 0.05) is 40.6 Å². The zero-order valence-electron chi connectivity index (χ0n) is 40.2. The van der Waals surface area contributed by atoms with E-state index in [2.05, 4.69) is 55.7 Å². The molecule has 0 atom stereocenters. The van der Waals surface area contributed by atoms with Crippen LogP contribution in [-0.2, 0) is 0 Å². The molecule has 2 amide bonds. The van der Waals surface area contributed by atoms with E-state index in [1.54, 1.807) is 23.9 Å². The Morgan fingerprint density at radius 1 is 0.514 bits per heavy atom. The Bertz CT molecular complexity index is 3100. The van der Waals surface area contributed by atoms with Gasteiger partial charge in [0.25, 0.3) is 11.8 Å². The van der Waals surface area contributed by atoms with Crippen molar-refractivity contribution in [3.63, 3.8) is 0 Å². The van der Waals surface area contributed by atoms with Gasteiger partial charge in [0.15, 0.2) is 11.6 Å². The molecule has 70 heavy (non-hydrogen) atoms. The van der Waals surface area contributed by atoms with Gasteiger partial charge in [-0.15, -0.1) is 0 Å². The third kappa shape index (κ3) is 8.17. The maximum atomic E-state index is 13.5. The van der Waals surface area contributed by atoms with E-state index in [0.717, 1.165) is 108 Å². The Balaban J connectivity index is 0.000000152. The van der Waals surface area contributed by atoms with Crippen molar-refractivity contribution in [2.45, 2.75) is 51.6 Å². The van der Waals surface area contributed by atoms with Gasteiger partial charge in [0.1, 0.15) is 11.4 Å². The van der Waals surface area contributed by atoms with Gasteiger partial charge in [-0.3, -0.25) is 19.0 Å². The van der Waals surface area contributed by atoms with Crippen LogP contribution < -0.4 is 40.9 Å². The lowest BCUT2D eigenvalue weighted by Crippen LogP contribution is -2.29. The van der Waals surface area contributed by atoms with E-state index >= 15 is 0 Å². The van der Waals surface area contributed by atoms with Crippen molar-refractivity contribution in [1.29, 1.82) is 0 Å². The summed E-state index contributed by atoms with van der Waals surface area (Å²) in [7, 11) is 7.46. The highest BCUT2D eigenvalue weighted by Crippen LogP contribution is 2.43. The number of piperidine rings is 2. The van der Waals surface area contributed by atoms with Crippen LogP contribution in [0.25, 0.3) is 21.5 Å². The predicted molar refractivity (Wildman–Crippen MR) is 276 cm³/mol. The third-order valence-electron chi connectivity index (χ3n) is 14.0. The number of anilines is 10. The van der Waals surface area contributed by atoms with Crippen molar-refractivity contribution < 1.29 is 9.59 Å². The minimum absolute atomic E-state index is 0.0768. The molecule has 0 saturated carbocycles. The molecule has 0 unspecified atom stereocenters. The highest BCUT2D eigenvalue weighted by atomic mass is 16.2. The van der Waals surface area contributed by atoms with E-state index in [-0.39, 0.29) is 11.8 Å². The summed E-state index contributed by atoms with van der Waals surface area (Å²) in [4.78, 5) is 53.3. The smallest absolute Gasteiger partial charge is 0.260 e. The molecule has 0 spiro atoms. The molecule has 18 nitrogen and oxygen atoms in total. The fraction of sp³-hybridized carbons (Fsp3) is 0.308. The molecule has 0 radical (unpaired) electrons. The standard InChI is InChI=1S/2C26H28N8O/c2*1-16-23-24(31-26(29-16)30-19-14-28-34(15-19)20-8-10-27-11-9-20)32(2)22-13-18-7-5-4-6-17(18)12-21(22)25(35)33(23)3/h2*4-7,12-15,20,27H,8-11H2,1-3H3,(H,29,30,31). The summed E-state index contributed by atoms with van der Waals surface area (Å²) >= 11 is 0. The fourth-order valence-electron chi connectivity index (χ4n) is 10.2. The Morgan fingerprint density at radius 2 is 0.886 bits per heavy atom. The van der Waals surface area contributed by atoms with Gasteiger partial charge in [-0.2, -0.15) is 20.2 Å². The zero-order valence-corrected chi connectivity index (χ0v) is 40.2. The molecule has 12 rings (SSSR count). The van der Waals surface area contributed by atoms with Gasteiger partial charge in [0.05, 0.1) is 69.7 Å². The molecule has 4 aromatic carbocycles. The molecule has 0 aliphatic carbocycles. The third-order valence-corrected chi connectivity index (χ3v) is 14.0. The second kappa shape index (κ2) is 18.2. The summed E-state index contributed by atoms with van der Waals surface area (Å²) in [6.07, 6.45) is 11.9. The maximum absolute atomic E-state index is 13.5. The van der Waals surface area contributed by atoms with Crippen molar-refractivity contribution in [3.8, 4) is 0 Å². The number of carbonyl (C=O) groups excluding carboxylic acids is 2. The number of hydrogen-bond donors (Lipinski definition) is 4. The fourth-order valence-corrected chi connectivity index (χ4v) is 10.2. The predicted octanol–water partition coefficient (Wildman–Crippen LogP) is 8.32. The van der Waals surface area contributed by atoms with E-state index in [9.17, 15) is 9.59 Å². The van der Waals surface area contributed by atoms with E-state index in [4.69, 9.17) is 19.9 Å². The van der Waals surface area contributed by atoms with Gasteiger partial charge in [-0.05, 0) is 112 Å². The number of hydrogen-bond acceptors (Lipinski definition) is 14. The van der Waals surface area contributed by atoms with Gasteiger partial charge >= 0.3 is 0 Å². The topological polar surface area (TPSA) is 182 Å². The van der Waals surface area contributed by atoms with Gasteiger partial charge < -0.3 is 40.9 Å². The van der Waals surface area contributed by atoms with Crippen molar-refractivity contribution >= 4 is 91.0 Å². The lowest BCUT2D eigenvalue weighted by molar-refractivity contribution is 0.0986. The molecule has 356 valence electrons. The zero-order chi connectivity index (χ0) is 48.2. The van der Waals surface area contributed by atoms with Gasteiger partial charge in [-0.1, -0.05) is 48.5 Å². The average molecular weight is 937 g/mol. The van der Waals surface area contributed by atoms with Crippen LogP contribution >= 0.6 is 0 Å².